The number of ketones is 1. The molecule has 0 saturated carbocycles. The number of methoxy groups -OCH3 is 1. The van der Waals surface area contributed by atoms with Gasteiger partial charge in [0.1, 0.15) is 23.4 Å². The third-order valence-electron chi connectivity index (χ3n) is 6.43. The number of hydrogen-bond donors (Lipinski definition) is 1. The Morgan fingerprint density at radius 2 is 2.00 bits per heavy atom. The number of fused-ring (bicyclic) bond motifs is 1. The first kappa shape index (κ1) is 22.9. The SMILES string of the molecule is COc1ccc(C(=O)C2CCN(CC(C=O)CCc3nn4cc(C)cc4c(=O)[nH]3)CC2)cc1. The van der Waals surface area contributed by atoms with Crippen LogP contribution in [-0.2, 0) is 11.2 Å². The number of rotatable bonds is 9. The highest BCUT2D eigenvalue weighted by molar-refractivity contribution is 5.98. The summed E-state index contributed by atoms with van der Waals surface area (Å²) in [5, 5.41) is 4.47. The predicted molar refractivity (Wildman–Crippen MR) is 125 cm³/mol. The number of likely N-dealkylation sites (tertiary alicyclic amines) is 1. The molecule has 1 fully saturated rings. The summed E-state index contributed by atoms with van der Waals surface area (Å²) in [6, 6.07) is 9.07. The van der Waals surface area contributed by atoms with Crippen LogP contribution in [0.5, 0.6) is 5.75 Å². The minimum atomic E-state index is -0.167. The van der Waals surface area contributed by atoms with Crippen molar-refractivity contribution < 1.29 is 14.3 Å². The fraction of sp³-hybridized carbons (Fsp3) is 0.440. The van der Waals surface area contributed by atoms with Crippen molar-refractivity contribution in [3.05, 3.63) is 63.8 Å². The number of ether oxygens (including phenoxy) is 1. The van der Waals surface area contributed by atoms with E-state index in [4.69, 9.17) is 4.74 Å². The largest absolute Gasteiger partial charge is 0.497 e. The predicted octanol–water partition coefficient (Wildman–Crippen LogP) is 2.68. The molecule has 33 heavy (non-hydrogen) atoms. The van der Waals surface area contributed by atoms with Crippen LogP contribution in [0.2, 0.25) is 0 Å². The maximum Gasteiger partial charge on any atom is 0.275 e. The number of aromatic nitrogens is 3. The van der Waals surface area contributed by atoms with E-state index in [9.17, 15) is 14.4 Å². The minimum Gasteiger partial charge on any atom is -0.497 e. The second-order valence-electron chi connectivity index (χ2n) is 8.85. The standard InChI is InChI=1S/C25H30N4O4/c1-17-13-22-25(32)26-23(27-29(22)14-17)8-3-18(16-30)15-28-11-9-20(10-12-28)24(31)19-4-6-21(33-2)7-5-19/h4-7,13-14,16,18,20H,3,8-12,15H2,1-2H3,(H,26,27,32). The monoisotopic (exact) mass is 450 g/mol. The quantitative estimate of drug-likeness (QED) is 0.398. The van der Waals surface area contributed by atoms with Gasteiger partial charge in [0.05, 0.1) is 7.11 Å². The summed E-state index contributed by atoms with van der Waals surface area (Å²) in [5.41, 5.74) is 2.05. The van der Waals surface area contributed by atoms with E-state index in [1.165, 1.54) is 0 Å². The summed E-state index contributed by atoms with van der Waals surface area (Å²) in [5.74, 6) is 1.36. The number of benzene rings is 1. The van der Waals surface area contributed by atoms with Crippen molar-refractivity contribution in [2.75, 3.05) is 26.7 Å². The molecule has 2 aromatic heterocycles. The molecule has 1 aliphatic rings. The summed E-state index contributed by atoms with van der Waals surface area (Å²) in [7, 11) is 1.61. The highest BCUT2D eigenvalue weighted by Gasteiger charge is 2.27. The first-order valence-electron chi connectivity index (χ1n) is 11.4. The molecule has 3 heterocycles. The van der Waals surface area contributed by atoms with Crippen molar-refractivity contribution >= 4 is 17.6 Å². The topological polar surface area (TPSA) is 96.8 Å². The molecule has 8 nitrogen and oxygen atoms in total. The lowest BCUT2D eigenvalue weighted by Crippen LogP contribution is -2.39. The van der Waals surface area contributed by atoms with E-state index >= 15 is 0 Å². The number of piperidine rings is 1. The number of Topliss-reactive ketones (excluding diaryl/α,β-unsaturated/α-hetero) is 1. The molecule has 1 atom stereocenters. The summed E-state index contributed by atoms with van der Waals surface area (Å²) < 4.78 is 6.76. The Morgan fingerprint density at radius 3 is 2.67 bits per heavy atom. The molecule has 1 N–H and O–H groups in total. The van der Waals surface area contributed by atoms with Crippen molar-refractivity contribution in [3.63, 3.8) is 0 Å². The molecule has 0 amide bonds. The molecule has 0 radical (unpaired) electrons. The van der Waals surface area contributed by atoms with E-state index in [0.717, 1.165) is 49.1 Å². The lowest BCUT2D eigenvalue weighted by molar-refractivity contribution is -0.111. The number of H-pyrrole nitrogens is 1. The molecule has 174 valence electrons. The van der Waals surface area contributed by atoms with Crippen molar-refractivity contribution in [3.8, 4) is 5.75 Å². The molecule has 8 heteroatoms. The maximum absolute atomic E-state index is 12.8. The first-order valence-corrected chi connectivity index (χ1v) is 11.4. The summed E-state index contributed by atoms with van der Waals surface area (Å²) in [6.45, 7) is 4.16. The number of carbonyl (C=O) groups is 2. The number of aromatic amines is 1. The molecule has 1 aromatic carbocycles. The Morgan fingerprint density at radius 1 is 1.27 bits per heavy atom. The Hall–Kier alpha value is -3.26. The van der Waals surface area contributed by atoms with Gasteiger partial charge in [-0.25, -0.2) is 4.52 Å². The van der Waals surface area contributed by atoms with Crippen molar-refractivity contribution in [1.82, 2.24) is 19.5 Å². The Balaban J connectivity index is 1.28. The van der Waals surface area contributed by atoms with Gasteiger partial charge in [-0.15, -0.1) is 0 Å². The smallest absolute Gasteiger partial charge is 0.275 e. The molecule has 3 aromatic rings. The Labute approximate surface area is 192 Å². The van der Waals surface area contributed by atoms with Crippen molar-refractivity contribution in [1.29, 1.82) is 0 Å². The molecule has 0 spiro atoms. The fourth-order valence-corrected chi connectivity index (χ4v) is 4.52. The van der Waals surface area contributed by atoms with Gasteiger partial charge in [-0.1, -0.05) is 0 Å². The number of aldehydes is 1. The van der Waals surface area contributed by atoms with Gasteiger partial charge in [-0.05, 0) is 75.2 Å². The second kappa shape index (κ2) is 10.1. The van der Waals surface area contributed by atoms with Gasteiger partial charge in [0.25, 0.3) is 5.56 Å². The van der Waals surface area contributed by atoms with E-state index in [1.807, 2.05) is 37.4 Å². The van der Waals surface area contributed by atoms with Crippen LogP contribution in [0.25, 0.3) is 5.52 Å². The highest BCUT2D eigenvalue weighted by Crippen LogP contribution is 2.24. The van der Waals surface area contributed by atoms with Gasteiger partial charge in [0.2, 0.25) is 0 Å². The molecular formula is C25H30N4O4. The first-order chi connectivity index (χ1) is 16.0. The van der Waals surface area contributed by atoms with E-state index in [1.54, 1.807) is 17.7 Å². The zero-order chi connectivity index (χ0) is 23.4. The molecule has 0 aliphatic carbocycles. The van der Waals surface area contributed by atoms with Gasteiger partial charge in [-0.2, -0.15) is 5.10 Å². The second-order valence-corrected chi connectivity index (χ2v) is 8.85. The average molecular weight is 451 g/mol. The fourth-order valence-electron chi connectivity index (χ4n) is 4.52. The van der Waals surface area contributed by atoms with E-state index in [-0.39, 0.29) is 23.2 Å². The van der Waals surface area contributed by atoms with E-state index in [2.05, 4.69) is 15.0 Å². The molecular weight excluding hydrogens is 420 g/mol. The van der Waals surface area contributed by atoms with Crippen LogP contribution >= 0.6 is 0 Å². The zero-order valence-electron chi connectivity index (χ0n) is 19.1. The number of hydrogen-bond acceptors (Lipinski definition) is 6. The summed E-state index contributed by atoms with van der Waals surface area (Å²) in [4.78, 5) is 41.8. The van der Waals surface area contributed by atoms with Crippen LogP contribution in [0.4, 0.5) is 0 Å². The highest BCUT2D eigenvalue weighted by atomic mass is 16.5. The van der Waals surface area contributed by atoms with Gasteiger partial charge in [0, 0.05) is 36.6 Å². The Bertz CT molecular complexity index is 1170. The summed E-state index contributed by atoms with van der Waals surface area (Å²) in [6.07, 6.45) is 5.53. The number of carbonyl (C=O) groups excluding carboxylic acids is 2. The summed E-state index contributed by atoms with van der Waals surface area (Å²) >= 11 is 0. The van der Waals surface area contributed by atoms with Crippen molar-refractivity contribution in [2.24, 2.45) is 11.8 Å². The number of nitrogens with zero attached hydrogens (tertiary/aromatic N) is 3. The third kappa shape index (κ3) is 5.39. The average Bonchev–Trinajstić information content (AvgIpc) is 3.22. The minimum absolute atomic E-state index is 0.00959. The third-order valence-corrected chi connectivity index (χ3v) is 6.43. The van der Waals surface area contributed by atoms with Crippen LogP contribution in [0, 0.1) is 18.8 Å². The van der Waals surface area contributed by atoms with E-state index in [0.29, 0.717) is 30.7 Å². The molecule has 4 rings (SSSR count). The van der Waals surface area contributed by atoms with Gasteiger partial charge in [-0.3, -0.25) is 9.59 Å². The molecule has 1 saturated heterocycles. The number of nitrogens with one attached hydrogen (secondary N) is 1. The van der Waals surface area contributed by atoms with Crippen LogP contribution in [0.15, 0.2) is 41.3 Å². The molecule has 1 aliphatic heterocycles. The zero-order valence-corrected chi connectivity index (χ0v) is 19.1. The maximum atomic E-state index is 12.8. The normalized spacial score (nSPS) is 16.1. The van der Waals surface area contributed by atoms with Crippen LogP contribution < -0.4 is 10.3 Å². The van der Waals surface area contributed by atoms with Gasteiger partial charge >= 0.3 is 0 Å². The van der Waals surface area contributed by atoms with Gasteiger partial charge < -0.3 is 19.4 Å². The van der Waals surface area contributed by atoms with Crippen LogP contribution in [-0.4, -0.2) is 58.3 Å². The van der Waals surface area contributed by atoms with Crippen LogP contribution in [0.1, 0.15) is 41.0 Å². The number of aryl methyl sites for hydroxylation is 2. The lowest BCUT2D eigenvalue weighted by atomic mass is 9.88. The Kier molecular flexibility index (Phi) is 7.03. The molecule has 1 unspecified atom stereocenters. The lowest BCUT2D eigenvalue weighted by Gasteiger charge is -2.32. The van der Waals surface area contributed by atoms with E-state index < -0.39 is 0 Å². The van der Waals surface area contributed by atoms with Gasteiger partial charge in [0.15, 0.2) is 5.78 Å². The molecule has 0 bridgehead atoms. The van der Waals surface area contributed by atoms with Crippen LogP contribution in [0.3, 0.4) is 0 Å². The van der Waals surface area contributed by atoms with Crippen molar-refractivity contribution in [2.45, 2.75) is 32.6 Å².